The Balaban J connectivity index is 1.54. The summed E-state index contributed by atoms with van der Waals surface area (Å²) in [5.74, 6) is -1.38. The summed E-state index contributed by atoms with van der Waals surface area (Å²) in [6.45, 7) is 4.27. The van der Waals surface area contributed by atoms with Crippen molar-refractivity contribution >= 4 is 28.5 Å². The zero-order valence-corrected chi connectivity index (χ0v) is 22.1. The van der Waals surface area contributed by atoms with E-state index in [2.05, 4.69) is 5.32 Å². The van der Waals surface area contributed by atoms with Gasteiger partial charge in [-0.3, -0.25) is 14.4 Å². The number of rotatable bonds is 8. The van der Waals surface area contributed by atoms with Crippen molar-refractivity contribution in [1.82, 2.24) is 15.1 Å². The molecule has 0 bridgehead atoms. The van der Waals surface area contributed by atoms with Gasteiger partial charge < -0.3 is 20.9 Å². The van der Waals surface area contributed by atoms with E-state index in [1.807, 2.05) is 56.3 Å². The van der Waals surface area contributed by atoms with Crippen LogP contribution in [0.4, 0.5) is 4.39 Å². The Morgan fingerprint density at radius 2 is 1.63 bits per heavy atom. The van der Waals surface area contributed by atoms with Gasteiger partial charge >= 0.3 is 0 Å². The Morgan fingerprint density at radius 3 is 2.29 bits per heavy atom. The Bertz CT molecular complexity index is 1310. The molecule has 1 heterocycles. The van der Waals surface area contributed by atoms with Gasteiger partial charge in [-0.1, -0.05) is 68.4 Å². The van der Waals surface area contributed by atoms with Crippen LogP contribution in [-0.2, 0) is 27.2 Å². The van der Waals surface area contributed by atoms with E-state index < -0.39 is 18.1 Å². The number of halogens is 1. The van der Waals surface area contributed by atoms with Crippen molar-refractivity contribution in [1.29, 1.82) is 0 Å². The minimum Gasteiger partial charge on any atom is -0.357 e. The van der Waals surface area contributed by atoms with E-state index in [0.717, 1.165) is 21.9 Å². The predicted octanol–water partition coefficient (Wildman–Crippen LogP) is 2.90. The quantitative estimate of drug-likeness (QED) is 0.479. The molecule has 0 radical (unpaired) electrons. The van der Waals surface area contributed by atoms with Gasteiger partial charge in [-0.25, -0.2) is 4.39 Å². The molecule has 7 nitrogen and oxygen atoms in total. The molecule has 3 aromatic carbocycles. The molecule has 0 spiro atoms. The highest BCUT2D eigenvalue weighted by Gasteiger charge is 2.44. The lowest BCUT2D eigenvalue weighted by Crippen LogP contribution is -2.66. The zero-order chi connectivity index (χ0) is 27.4. The third-order valence-corrected chi connectivity index (χ3v) is 7.22. The van der Waals surface area contributed by atoms with Gasteiger partial charge in [-0.2, -0.15) is 0 Å². The van der Waals surface area contributed by atoms with E-state index in [9.17, 15) is 18.8 Å². The summed E-state index contributed by atoms with van der Waals surface area (Å²) in [6, 6.07) is 17.6. The lowest BCUT2D eigenvalue weighted by Gasteiger charge is -2.45. The first-order chi connectivity index (χ1) is 18.2. The third-order valence-electron chi connectivity index (χ3n) is 7.22. The third kappa shape index (κ3) is 5.86. The number of amides is 3. The van der Waals surface area contributed by atoms with Gasteiger partial charge in [-0.05, 0) is 46.4 Å². The Hall–Kier alpha value is -3.78. The second-order valence-electron chi connectivity index (χ2n) is 10.2. The number of nitrogens with one attached hydrogen (secondary N) is 1. The van der Waals surface area contributed by atoms with Gasteiger partial charge in [-0.15, -0.1) is 0 Å². The molecule has 3 aromatic rings. The molecular weight excluding hydrogens is 483 g/mol. The van der Waals surface area contributed by atoms with Crippen molar-refractivity contribution in [3.63, 3.8) is 0 Å². The van der Waals surface area contributed by atoms with Crippen molar-refractivity contribution in [3.05, 3.63) is 83.7 Å². The summed E-state index contributed by atoms with van der Waals surface area (Å²) in [5, 5.41) is 4.88. The Kier molecular flexibility index (Phi) is 8.42. The monoisotopic (exact) mass is 518 g/mol. The van der Waals surface area contributed by atoms with E-state index in [4.69, 9.17) is 5.73 Å². The van der Waals surface area contributed by atoms with Crippen molar-refractivity contribution in [2.75, 3.05) is 20.1 Å². The molecule has 0 saturated carbocycles. The molecule has 0 aliphatic carbocycles. The van der Waals surface area contributed by atoms with Crippen LogP contribution in [0.3, 0.4) is 0 Å². The van der Waals surface area contributed by atoms with Crippen molar-refractivity contribution in [2.24, 2.45) is 11.7 Å². The number of carbonyl (C=O) groups excluding carboxylic acids is 3. The average Bonchev–Trinajstić information content (AvgIpc) is 2.91. The van der Waals surface area contributed by atoms with Crippen molar-refractivity contribution in [2.45, 2.75) is 44.8 Å². The van der Waals surface area contributed by atoms with Crippen molar-refractivity contribution < 1.29 is 18.8 Å². The SMILES string of the molecule is CNC(=O)C(Cc1ccc2ccccc2c1)N1CCN(C(=O)C(N)Cc2ccc(F)cc2)[C@@H](C(C)C)C1=O. The summed E-state index contributed by atoms with van der Waals surface area (Å²) >= 11 is 0. The minimum atomic E-state index is -0.867. The fraction of sp³-hybridized carbons (Fsp3) is 0.367. The standard InChI is InChI=1S/C30H35FN4O3/c1-19(2)27-30(38)34(14-15-35(27)29(37)25(32)17-20-9-12-24(31)13-10-20)26(28(36)33-3)18-21-8-11-22-6-4-5-7-23(22)16-21/h4-13,16,19,25-27H,14-15,17-18,32H2,1-3H3,(H,33,36)/t25?,26?,27-/m0/s1. The van der Waals surface area contributed by atoms with Crippen LogP contribution in [0.5, 0.6) is 0 Å². The maximum absolute atomic E-state index is 13.8. The molecule has 1 aliphatic heterocycles. The lowest BCUT2D eigenvalue weighted by molar-refractivity contribution is -0.158. The first kappa shape index (κ1) is 27.3. The molecular formula is C30H35FN4O3. The second kappa shape index (κ2) is 11.7. The van der Waals surface area contributed by atoms with Crippen LogP contribution >= 0.6 is 0 Å². The van der Waals surface area contributed by atoms with Crippen LogP contribution in [-0.4, -0.2) is 65.8 Å². The Labute approximate surface area is 222 Å². The number of piperazine rings is 1. The molecule has 1 aliphatic rings. The molecule has 0 aromatic heterocycles. The number of nitrogens with zero attached hydrogens (tertiary/aromatic N) is 2. The number of hydrogen-bond donors (Lipinski definition) is 2. The lowest BCUT2D eigenvalue weighted by atomic mass is 9.93. The van der Waals surface area contributed by atoms with E-state index in [1.165, 1.54) is 12.1 Å². The van der Waals surface area contributed by atoms with E-state index >= 15 is 0 Å². The number of nitrogens with two attached hydrogens (primary N) is 1. The van der Waals surface area contributed by atoms with Crippen LogP contribution in [0.15, 0.2) is 66.7 Å². The Morgan fingerprint density at radius 1 is 0.974 bits per heavy atom. The summed E-state index contributed by atoms with van der Waals surface area (Å²) < 4.78 is 13.3. The van der Waals surface area contributed by atoms with Crippen LogP contribution in [0.1, 0.15) is 25.0 Å². The van der Waals surface area contributed by atoms with Gasteiger partial charge in [0.1, 0.15) is 17.9 Å². The van der Waals surface area contributed by atoms with E-state index in [-0.39, 0.29) is 49.0 Å². The number of fused-ring (bicyclic) bond motifs is 1. The number of benzene rings is 3. The van der Waals surface area contributed by atoms with Crippen molar-refractivity contribution in [3.8, 4) is 0 Å². The minimum absolute atomic E-state index is 0.182. The zero-order valence-electron chi connectivity index (χ0n) is 22.1. The number of likely N-dealkylation sites (N-methyl/N-ethyl adjacent to an activating group) is 1. The summed E-state index contributed by atoms with van der Waals surface area (Å²) in [5.41, 5.74) is 7.96. The molecule has 8 heteroatoms. The fourth-order valence-corrected chi connectivity index (χ4v) is 5.24. The summed E-state index contributed by atoms with van der Waals surface area (Å²) in [6.07, 6.45) is 0.597. The number of hydrogen-bond acceptors (Lipinski definition) is 4. The average molecular weight is 519 g/mol. The van der Waals surface area contributed by atoms with Gasteiger partial charge in [0.05, 0.1) is 6.04 Å². The maximum atomic E-state index is 13.8. The van der Waals surface area contributed by atoms with Gasteiger partial charge in [0.25, 0.3) is 0 Å². The second-order valence-corrected chi connectivity index (χ2v) is 10.2. The molecule has 3 atom stereocenters. The van der Waals surface area contributed by atoms with Gasteiger partial charge in [0.2, 0.25) is 17.7 Å². The largest absolute Gasteiger partial charge is 0.357 e. The van der Waals surface area contributed by atoms with Crippen LogP contribution in [0.25, 0.3) is 10.8 Å². The summed E-state index contributed by atoms with van der Waals surface area (Å²) in [4.78, 5) is 43.4. The molecule has 4 rings (SSSR count). The summed E-state index contributed by atoms with van der Waals surface area (Å²) in [7, 11) is 1.56. The molecule has 38 heavy (non-hydrogen) atoms. The van der Waals surface area contributed by atoms with Crippen LogP contribution in [0, 0.1) is 11.7 Å². The van der Waals surface area contributed by atoms with Crippen LogP contribution < -0.4 is 11.1 Å². The fourth-order valence-electron chi connectivity index (χ4n) is 5.24. The normalized spacial score (nSPS) is 17.5. The first-order valence-corrected chi connectivity index (χ1v) is 13.0. The van der Waals surface area contributed by atoms with Crippen LogP contribution in [0.2, 0.25) is 0 Å². The van der Waals surface area contributed by atoms with Gasteiger partial charge in [0, 0.05) is 26.6 Å². The number of carbonyl (C=O) groups is 3. The molecule has 1 fully saturated rings. The molecule has 3 N–H and O–H groups in total. The maximum Gasteiger partial charge on any atom is 0.246 e. The smallest absolute Gasteiger partial charge is 0.246 e. The molecule has 1 saturated heterocycles. The highest BCUT2D eigenvalue weighted by Crippen LogP contribution is 2.24. The topological polar surface area (TPSA) is 95.7 Å². The predicted molar refractivity (Wildman–Crippen MR) is 146 cm³/mol. The molecule has 200 valence electrons. The first-order valence-electron chi connectivity index (χ1n) is 13.0. The molecule has 2 unspecified atom stereocenters. The highest BCUT2D eigenvalue weighted by molar-refractivity contribution is 5.94. The molecule has 3 amide bonds. The highest BCUT2D eigenvalue weighted by atomic mass is 19.1. The van der Waals surface area contributed by atoms with E-state index in [1.54, 1.807) is 29.0 Å². The van der Waals surface area contributed by atoms with E-state index in [0.29, 0.717) is 6.42 Å². The van der Waals surface area contributed by atoms with Gasteiger partial charge in [0.15, 0.2) is 0 Å².